The number of rotatable bonds is 6. The molecule has 0 saturated carbocycles. The molecule has 2 rings (SSSR count). The van der Waals surface area contributed by atoms with Crippen LogP contribution in [0.3, 0.4) is 0 Å². The zero-order valence-electron chi connectivity index (χ0n) is 11.9. The molecule has 0 N–H and O–H groups in total. The van der Waals surface area contributed by atoms with Crippen molar-refractivity contribution in [2.24, 2.45) is 0 Å². The number of nitrogens with zero attached hydrogens (tertiary/aromatic N) is 1. The Hall–Kier alpha value is -2.80. The zero-order chi connectivity index (χ0) is 15.9. The van der Waals surface area contributed by atoms with Gasteiger partial charge < -0.3 is 0 Å². The molecule has 22 heavy (non-hydrogen) atoms. The van der Waals surface area contributed by atoms with Gasteiger partial charge in [-0.1, -0.05) is 36.4 Å². The zero-order valence-corrected chi connectivity index (χ0v) is 11.9. The van der Waals surface area contributed by atoms with Crippen molar-refractivity contribution in [3.63, 3.8) is 0 Å². The number of hydrogen-bond acceptors (Lipinski definition) is 2. The molecular formula is C18H14FNO2. The molecule has 0 fully saturated rings. The highest BCUT2D eigenvalue weighted by molar-refractivity contribution is 6.00. The molecule has 4 heteroatoms. The van der Waals surface area contributed by atoms with Gasteiger partial charge in [-0.2, -0.15) is 0 Å². The summed E-state index contributed by atoms with van der Waals surface area (Å²) >= 11 is 0. The summed E-state index contributed by atoms with van der Waals surface area (Å²) in [4.78, 5) is 27.0. The van der Waals surface area contributed by atoms with Crippen LogP contribution in [0.4, 0.5) is 10.1 Å². The summed E-state index contributed by atoms with van der Waals surface area (Å²) in [5.74, 6) is -0.804. The van der Waals surface area contributed by atoms with E-state index in [2.05, 4.69) is 4.85 Å². The molecule has 0 amide bonds. The minimum absolute atomic E-state index is 0.0557. The van der Waals surface area contributed by atoms with E-state index in [0.29, 0.717) is 11.3 Å². The summed E-state index contributed by atoms with van der Waals surface area (Å²) in [7, 11) is 0. The second-order valence-electron chi connectivity index (χ2n) is 5.02. The van der Waals surface area contributed by atoms with E-state index in [4.69, 9.17) is 6.57 Å². The second kappa shape index (κ2) is 7.28. The van der Waals surface area contributed by atoms with Crippen molar-refractivity contribution in [1.29, 1.82) is 0 Å². The van der Waals surface area contributed by atoms with Gasteiger partial charge in [-0.15, -0.1) is 0 Å². The Kier molecular flexibility index (Phi) is 5.16. The third-order valence-electron chi connectivity index (χ3n) is 3.15. The first-order valence-electron chi connectivity index (χ1n) is 6.81. The molecule has 0 unspecified atom stereocenters. The van der Waals surface area contributed by atoms with Crippen molar-refractivity contribution >= 4 is 17.3 Å². The molecule has 0 aliphatic heterocycles. The topological polar surface area (TPSA) is 38.5 Å². The minimum atomic E-state index is -0.392. The van der Waals surface area contributed by atoms with E-state index in [1.165, 1.54) is 12.1 Å². The first-order valence-corrected chi connectivity index (χ1v) is 6.81. The molecule has 0 bridgehead atoms. The van der Waals surface area contributed by atoms with E-state index in [9.17, 15) is 14.0 Å². The highest BCUT2D eigenvalue weighted by Gasteiger charge is 2.11. The average molecular weight is 295 g/mol. The standard InChI is InChI=1S/C18H14FNO2/c1-20-16-7-5-13(6-8-16)10-17(21)12-18(22)11-14-3-2-4-15(19)9-14/h2-9H,10-12H2. The van der Waals surface area contributed by atoms with E-state index in [1.54, 1.807) is 36.4 Å². The molecule has 2 aromatic rings. The fraction of sp³-hybridized carbons (Fsp3) is 0.167. The van der Waals surface area contributed by atoms with E-state index in [0.717, 1.165) is 5.56 Å². The third kappa shape index (κ3) is 4.64. The van der Waals surface area contributed by atoms with Crippen molar-refractivity contribution in [1.82, 2.24) is 0 Å². The SMILES string of the molecule is [C-]#[N+]c1ccc(CC(=O)CC(=O)Cc2cccc(F)c2)cc1. The van der Waals surface area contributed by atoms with Crippen molar-refractivity contribution in [3.05, 3.63) is 76.9 Å². The number of benzene rings is 2. The summed E-state index contributed by atoms with van der Waals surface area (Å²) < 4.78 is 13.0. The number of carbonyl (C=O) groups is 2. The molecule has 2 aromatic carbocycles. The lowest BCUT2D eigenvalue weighted by Gasteiger charge is -2.03. The molecule has 3 nitrogen and oxygen atoms in total. The van der Waals surface area contributed by atoms with Gasteiger partial charge in [0, 0.05) is 12.8 Å². The molecule has 0 saturated heterocycles. The molecule has 0 aliphatic carbocycles. The van der Waals surface area contributed by atoms with Crippen LogP contribution in [-0.4, -0.2) is 11.6 Å². The first kappa shape index (κ1) is 15.6. The van der Waals surface area contributed by atoms with Crippen LogP contribution in [0.25, 0.3) is 4.85 Å². The van der Waals surface area contributed by atoms with Gasteiger partial charge in [0.15, 0.2) is 5.69 Å². The molecule has 0 radical (unpaired) electrons. The summed E-state index contributed by atoms with van der Waals surface area (Å²) in [6.45, 7) is 6.86. The number of ketones is 2. The van der Waals surface area contributed by atoms with Gasteiger partial charge in [0.1, 0.15) is 17.4 Å². The Bertz CT molecular complexity index is 729. The largest absolute Gasteiger partial charge is 0.299 e. The van der Waals surface area contributed by atoms with Crippen molar-refractivity contribution in [2.75, 3.05) is 0 Å². The Morgan fingerprint density at radius 2 is 1.59 bits per heavy atom. The molecule has 0 atom stereocenters. The fourth-order valence-corrected chi connectivity index (χ4v) is 2.14. The Labute approximate surface area is 128 Å². The van der Waals surface area contributed by atoms with Crippen molar-refractivity contribution in [2.45, 2.75) is 19.3 Å². The lowest BCUT2D eigenvalue weighted by atomic mass is 10.0. The van der Waals surface area contributed by atoms with Crippen LogP contribution in [0.1, 0.15) is 17.5 Å². The molecule has 110 valence electrons. The van der Waals surface area contributed by atoms with Gasteiger partial charge in [-0.25, -0.2) is 9.24 Å². The first-order chi connectivity index (χ1) is 10.6. The third-order valence-corrected chi connectivity index (χ3v) is 3.15. The van der Waals surface area contributed by atoms with Crippen LogP contribution in [0.5, 0.6) is 0 Å². The van der Waals surface area contributed by atoms with Crippen LogP contribution in [0, 0.1) is 12.4 Å². The van der Waals surface area contributed by atoms with Crippen LogP contribution < -0.4 is 0 Å². The smallest absolute Gasteiger partial charge is 0.187 e. The van der Waals surface area contributed by atoms with E-state index in [1.807, 2.05) is 0 Å². The maximum atomic E-state index is 13.0. The van der Waals surface area contributed by atoms with Crippen LogP contribution in [0.2, 0.25) is 0 Å². The molecule has 0 heterocycles. The second-order valence-corrected chi connectivity index (χ2v) is 5.02. The van der Waals surface area contributed by atoms with E-state index in [-0.39, 0.29) is 30.8 Å². The van der Waals surface area contributed by atoms with Crippen molar-refractivity contribution < 1.29 is 14.0 Å². The molecule has 0 spiro atoms. The van der Waals surface area contributed by atoms with Gasteiger partial charge in [0.2, 0.25) is 0 Å². The molecule has 0 aromatic heterocycles. The summed E-state index contributed by atoms with van der Waals surface area (Å²) in [5, 5.41) is 0. The van der Waals surface area contributed by atoms with E-state index >= 15 is 0 Å². The fourth-order valence-electron chi connectivity index (χ4n) is 2.14. The van der Waals surface area contributed by atoms with Crippen molar-refractivity contribution in [3.8, 4) is 0 Å². The van der Waals surface area contributed by atoms with Crippen LogP contribution in [0.15, 0.2) is 48.5 Å². The minimum Gasteiger partial charge on any atom is -0.299 e. The van der Waals surface area contributed by atoms with Gasteiger partial charge in [-0.3, -0.25) is 9.59 Å². The number of carbonyl (C=O) groups excluding carboxylic acids is 2. The highest BCUT2D eigenvalue weighted by Crippen LogP contribution is 2.14. The normalized spacial score (nSPS) is 10.0. The van der Waals surface area contributed by atoms with Gasteiger partial charge in [0.25, 0.3) is 0 Å². The summed E-state index contributed by atoms with van der Waals surface area (Å²) in [6.07, 6.45) is 0.0500. The Morgan fingerprint density at radius 1 is 0.955 bits per heavy atom. The van der Waals surface area contributed by atoms with Gasteiger partial charge in [-0.05, 0) is 23.3 Å². The maximum absolute atomic E-state index is 13.0. The van der Waals surface area contributed by atoms with Crippen LogP contribution in [-0.2, 0) is 22.4 Å². The molecular weight excluding hydrogens is 281 g/mol. The Balaban J connectivity index is 1.88. The summed E-state index contributed by atoms with van der Waals surface area (Å²) in [6, 6.07) is 12.5. The van der Waals surface area contributed by atoms with Gasteiger partial charge in [0.05, 0.1) is 13.0 Å². The van der Waals surface area contributed by atoms with Crippen LogP contribution >= 0.6 is 0 Å². The number of hydrogen-bond donors (Lipinski definition) is 0. The lowest BCUT2D eigenvalue weighted by molar-refractivity contribution is -0.126. The lowest BCUT2D eigenvalue weighted by Crippen LogP contribution is -2.12. The number of halogens is 1. The highest BCUT2D eigenvalue weighted by atomic mass is 19.1. The summed E-state index contributed by atoms with van der Waals surface area (Å²) in [5.41, 5.74) is 1.86. The Morgan fingerprint density at radius 3 is 2.18 bits per heavy atom. The molecule has 0 aliphatic rings. The predicted octanol–water partition coefficient (Wildman–Crippen LogP) is 3.69. The average Bonchev–Trinajstić information content (AvgIpc) is 2.47. The maximum Gasteiger partial charge on any atom is 0.187 e. The van der Waals surface area contributed by atoms with Gasteiger partial charge >= 0.3 is 0 Å². The monoisotopic (exact) mass is 295 g/mol. The van der Waals surface area contributed by atoms with E-state index < -0.39 is 5.82 Å². The quantitative estimate of drug-likeness (QED) is 0.602. The number of Topliss-reactive ketones (excluding diaryl/α,β-unsaturated/α-hetero) is 2. The predicted molar refractivity (Wildman–Crippen MR) is 81.1 cm³/mol.